The van der Waals surface area contributed by atoms with Crippen LogP contribution in [0.3, 0.4) is 0 Å². The fourth-order valence-corrected chi connectivity index (χ4v) is 7.63. The minimum atomic E-state index is -1.00. The number of anilines is 1. The molecular weight excluding hydrogens is 646 g/mol. The summed E-state index contributed by atoms with van der Waals surface area (Å²) in [6.45, 7) is 6.72. The molecule has 1 amide bonds. The Balaban J connectivity index is 1.43. The number of hydrogen-bond donors (Lipinski definition) is 1. The summed E-state index contributed by atoms with van der Waals surface area (Å²) in [6.07, 6.45) is 1.49. The molecule has 2 aliphatic rings. The van der Waals surface area contributed by atoms with E-state index in [1.54, 1.807) is 36.4 Å². The fourth-order valence-electron chi connectivity index (χ4n) is 5.48. The second-order valence-electron chi connectivity index (χ2n) is 10.8. The first-order valence-corrected chi connectivity index (χ1v) is 17.2. The molecule has 3 heterocycles. The lowest BCUT2D eigenvalue weighted by Crippen LogP contribution is -2.29. The van der Waals surface area contributed by atoms with Gasteiger partial charge in [-0.2, -0.15) is 0 Å². The molecule has 6 rings (SSSR count). The van der Waals surface area contributed by atoms with E-state index in [-0.39, 0.29) is 22.6 Å². The van der Waals surface area contributed by atoms with Gasteiger partial charge in [-0.25, -0.2) is 0 Å². The van der Waals surface area contributed by atoms with Crippen molar-refractivity contribution >= 4 is 57.3 Å². The molecule has 2 atom stereocenters. The Labute approximate surface area is 280 Å². The van der Waals surface area contributed by atoms with Crippen molar-refractivity contribution in [1.29, 1.82) is 0 Å². The van der Waals surface area contributed by atoms with E-state index in [1.807, 2.05) is 45.0 Å². The van der Waals surface area contributed by atoms with Crippen LogP contribution in [-0.4, -0.2) is 46.3 Å². The molecule has 1 N–H and O–H groups in total. The number of carbonyl (C=O) groups excluding carboxylic acids is 2. The van der Waals surface area contributed by atoms with Crippen LogP contribution < -0.4 is 19.1 Å². The van der Waals surface area contributed by atoms with Crippen LogP contribution in [0.1, 0.15) is 55.5 Å². The number of rotatable bonds is 11. The monoisotopic (exact) mass is 677 g/mol. The fraction of sp³-hybridized carbons (Fsp3) is 0.294. The van der Waals surface area contributed by atoms with E-state index in [9.17, 15) is 14.7 Å². The van der Waals surface area contributed by atoms with E-state index < -0.39 is 17.7 Å². The van der Waals surface area contributed by atoms with Gasteiger partial charge in [-0.05, 0) is 73.4 Å². The van der Waals surface area contributed by atoms with Gasteiger partial charge in [0, 0.05) is 22.8 Å². The van der Waals surface area contributed by atoms with Crippen molar-refractivity contribution in [3.8, 4) is 17.2 Å². The molecule has 0 unspecified atom stereocenters. The normalized spacial score (nSPS) is 18.5. The lowest BCUT2D eigenvalue weighted by molar-refractivity contribution is -0.132. The summed E-state index contributed by atoms with van der Waals surface area (Å²) in [6, 6.07) is 17.1. The van der Waals surface area contributed by atoms with Gasteiger partial charge in [0.25, 0.3) is 5.78 Å². The van der Waals surface area contributed by atoms with Gasteiger partial charge in [0.05, 0.1) is 24.8 Å². The summed E-state index contributed by atoms with van der Waals surface area (Å²) in [5.74, 6) is 0.386. The van der Waals surface area contributed by atoms with E-state index in [1.165, 1.54) is 28.0 Å². The number of ether oxygens (including phenoxy) is 3. The van der Waals surface area contributed by atoms with Crippen LogP contribution in [0.2, 0.25) is 5.02 Å². The number of fused-ring (bicyclic) bond motifs is 1. The number of hydrogen-bond acceptors (Lipinski definition) is 10. The Morgan fingerprint density at radius 3 is 2.70 bits per heavy atom. The van der Waals surface area contributed by atoms with Crippen LogP contribution in [0.5, 0.6) is 17.2 Å². The first-order chi connectivity index (χ1) is 22.3. The topological polar surface area (TPSA) is 111 Å². The molecule has 0 aliphatic carbocycles. The van der Waals surface area contributed by atoms with Crippen molar-refractivity contribution in [2.24, 2.45) is 0 Å². The molecule has 1 fully saturated rings. The highest BCUT2D eigenvalue weighted by Gasteiger charge is 2.48. The summed E-state index contributed by atoms with van der Waals surface area (Å²) in [5.41, 5.74) is 2.77. The average molecular weight is 678 g/mol. The molecule has 238 valence electrons. The number of benzene rings is 3. The first kappa shape index (κ1) is 31.9. The molecular formula is C34H32ClN3O6S2. The van der Waals surface area contributed by atoms with Gasteiger partial charge in [0.1, 0.15) is 17.6 Å². The van der Waals surface area contributed by atoms with Crippen LogP contribution in [0.15, 0.2) is 70.6 Å². The third-order valence-electron chi connectivity index (χ3n) is 7.57. The van der Waals surface area contributed by atoms with Gasteiger partial charge < -0.3 is 19.3 Å². The molecule has 0 bridgehead atoms. The maximum absolute atomic E-state index is 13.8. The number of halogens is 1. The van der Waals surface area contributed by atoms with Crippen molar-refractivity contribution in [2.75, 3.05) is 18.1 Å². The molecule has 1 saturated heterocycles. The van der Waals surface area contributed by atoms with Crippen LogP contribution in [-0.2, 0) is 21.8 Å². The second kappa shape index (κ2) is 13.7. The van der Waals surface area contributed by atoms with Gasteiger partial charge in [-0.15, -0.1) is 10.2 Å². The predicted molar refractivity (Wildman–Crippen MR) is 179 cm³/mol. The number of aromatic nitrogens is 2. The summed E-state index contributed by atoms with van der Waals surface area (Å²) < 4.78 is 18.2. The molecule has 9 nitrogen and oxygen atoms in total. The van der Waals surface area contributed by atoms with Gasteiger partial charge in [0.2, 0.25) is 5.13 Å². The highest BCUT2D eigenvalue weighted by molar-refractivity contribution is 8.00. The maximum Gasteiger partial charge on any atom is 0.301 e. The van der Waals surface area contributed by atoms with Crippen LogP contribution in [0.4, 0.5) is 5.13 Å². The molecule has 4 aromatic rings. The Hall–Kier alpha value is -4.06. The van der Waals surface area contributed by atoms with E-state index in [2.05, 4.69) is 10.2 Å². The van der Waals surface area contributed by atoms with Crippen molar-refractivity contribution in [2.45, 2.75) is 55.9 Å². The van der Waals surface area contributed by atoms with Crippen molar-refractivity contribution < 1.29 is 28.9 Å². The smallest absolute Gasteiger partial charge is 0.301 e. The van der Waals surface area contributed by atoms with E-state index in [0.717, 1.165) is 23.3 Å². The van der Waals surface area contributed by atoms with Gasteiger partial charge >= 0.3 is 5.91 Å². The summed E-state index contributed by atoms with van der Waals surface area (Å²) in [7, 11) is 0. The molecule has 0 saturated carbocycles. The summed E-state index contributed by atoms with van der Waals surface area (Å²) in [4.78, 5) is 28.9. The Morgan fingerprint density at radius 2 is 1.91 bits per heavy atom. The van der Waals surface area contributed by atoms with Crippen molar-refractivity contribution in [3.63, 3.8) is 0 Å². The minimum absolute atomic E-state index is 0.00536. The summed E-state index contributed by atoms with van der Waals surface area (Å²) in [5, 5.41) is 21.2. The van der Waals surface area contributed by atoms with Gasteiger partial charge in [-0.1, -0.05) is 65.9 Å². The highest BCUT2D eigenvalue weighted by Crippen LogP contribution is 2.46. The zero-order valence-corrected chi connectivity index (χ0v) is 27.9. The number of thioether (sulfide) groups is 1. The standard InChI is InChI=1S/C34H32ClN3O6S2/c1-4-14-43-26-13-10-20(17-27(26)42-5-2)29-28(30(39)21-11-12-25-23(16-21)15-19(3)44-25)31(40)32(41)38(29)33-36-37-34(46-33)45-18-22-8-6-7-9-24(22)35/h6-13,16-17,19,29,39H,4-5,14-15,18H2,1-3H3/t19-,29+/m0/s1. The molecule has 0 spiro atoms. The first-order valence-electron chi connectivity index (χ1n) is 15.0. The Morgan fingerprint density at radius 1 is 1.09 bits per heavy atom. The summed E-state index contributed by atoms with van der Waals surface area (Å²) >= 11 is 8.96. The molecule has 46 heavy (non-hydrogen) atoms. The minimum Gasteiger partial charge on any atom is -0.507 e. The largest absolute Gasteiger partial charge is 0.507 e. The van der Waals surface area contributed by atoms with Crippen molar-refractivity contribution in [1.82, 2.24) is 10.2 Å². The van der Waals surface area contributed by atoms with E-state index >= 15 is 0 Å². The third-order valence-corrected chi connectivity index (χ3v) is 10.0. The van der Waals surface area contributed by atoms with Gasteiger partial charge in [0.15, 0.2) is 15.8 Å². The molecule has 3 aromatic carbocycles. The number of nitrogens with zero attached hydrogens (tertiary/aromatic N) is 3. The quantitative estimate of drug-likeness (QED) is 0.0563. The SMILES string of the molecule is CCCOc1ccc([C@@H]2C(=C(O)c3ccc4c(c3)C[C@H](C)O4)C(=O)C(=O)N2c2nnc(SCc3ccccc3Cl)s2)cc1OCC. The number of amides is 1. The second-order valence-corrected chi connectivity index (χ2v) is 13.4. The van der Waals surface area contributed by atoms with Gasteiger partial charge in [-0.3, -0.25) is 14.5 Å². The van der Waals surface area contributed by atoms with Crippen LogP contribution >= 0.6 is 34.7 Å². The van der Waals surface area contributed by atoms with Crippen LogP contribution in [0, 0.1) is 0 Å². The number of Topliss-reactive ketones (excluding diaryl/α,β-unsaturated/α-hetero) is 1. The highest BCUT2D eigenvalue weighted by atomic mass is 35.5. The average Bonchev–Trinajstić information content (AvgIpc) is 3.74. The molecule has 2 aliphatic heterocycles. The van der Waals surface area contributed by atoms with E-state index in [4.69, 9.17) is 25.8 Å². The lowest BCUT2D eigenvalue weighted by atomic mass is 9.94. The number of ketones is 1. The Kier molecular flexibility index (Phi) is 9.53. The Bertz CT molecular complexity index is 1830. The molecule has 12 heteroatoms. The van der Waals surface area contributed by atoms with Crippen LogP contribution in [0.25, 0.3) is 5.76 Å². The zero-order chi connectivity index (χ0) is 32.4. The number of aliphatic hydroxyl groups excluding tert-OH is 1. The third kappa shape index (κ3) is 6.31. The van der Waals surface area contributed by atoms with E-state index in [0.29, 0.717) is 57.4 Å². The molecule has 0 radical (unpaired) electrons. The maximum atomic E-state index is 13.8. The molecule has 1 aromatic heterocycles. The zero-order valence-electron chi connectivity index (χ0n) is 25.5. The predicted octanol–water partition coefficient (Wildman–Crippen LogP) is 7.62. The number of carbonyl (C=O) groups is 2. The van der Waals surface area contributed by atoms with Crippen molar-refractivity contribution in [3.05, 3.63) is 93.5 Å². The number of aliphatic hydroxyl groups is 1. The lowest BCUT2D eigenvalue weighted by Gasteiger charge is -2.23.